The van der Waals surface area contributed by atoms with Crippen molar-refractivity contribution in [3.8, 4) is 0 Å². The maximum atomic E-state index is 11.1. The highest BCUT2D eigenvalue weighted by atomic mass is 32.2. The van der Waals surface area contributed by atoms with Crippen LogP contribution in [0.15, 0.2) is 12.3 Å². The van der Waals surface area contributed by atoms with E-state index in [1.807, 2.05) is 35.9 Å². The Hall–Kier alpha value is -0.440. The predicted molar refractivity (Wildman–Crippen MR) is 41.4 cm³/mol. The second-order valence-corrected chi connectivity index (χ2v) is 3.79. The van der Waals surface area contributed by atoms with Gasteiger partial charge >= 0.3 is 0 Å². The first-order valence-corrected chi connectivity index (χ1v) is 4.46. The smallest absolute Gasteiger partial charge is 0.233 e. The molecule has 54 valence electrons. The fraction of sp³-hybridized carbons (Fsp3) is 0.571. The van der Waals surface area contributed by atoms with E-state index < -0.39 is 0 Å². The van der Waals surface area contributed by atoms with Gasteiger partial charge in [-0.2, -0.15) is 0 Å². The SMILES string of the molecule is CC1C(=O)N2C=CCS[C@@H]12. The zero-order valence-electron chi connectivity index (χ0n) is 5.78. The standard InChI is InChI=1S/C7H9NOS/c1-5-6(9)8-3-2-4-10-7(5)8/h2-3,5,7H,4H2,1H3/t5?,7-/m0/s1. The van der Waals surface area contributed by atoms with Crippen LogP contribution in [0.1, 0.15) is 6.92 Å². The molecule has 1 unspecified atom stereocenters. The van der Waals surface area contributed by atoms with Gasteiger partial charge in [0, 0.05) is 12.0 Å². The Labute approximate surface area is 64.3 Å². The van der Waals surface area contributed by atoms with Gasteiger partial charge < -0.3 is 4.90 Å². The van der Waals surface area contributed by atoms with E-state index in [-0.39, 0.29) is 11.8 Å². The van der Waals surface area contributed by atoms with Crippen LogP contribution in [0, 0.1) is 5.92 Å². The molecule has 0 spiro atoms. The van der Waals surface area contributed by atoms with E-state index in [1.54, 1.807) is 0 Å². The van der Waals surface area contributed by atoms with Gasteiger partial charge in [-0.1, -0.05) is 13.0 Å². The fourth-order valence-electron chi connectivity index (χ4n) is 1.33. The number of thioether (sulfide) groups is 1. The summed E-state index contributed by atoms with van der Waals surface area (Å²) in [6.45, 7) is 2.00. The third-order valence-corrected chi connectivity index (χ3v) is 3.34. The summed E-state index contributed by atoms with van der Waals surface area (Å²) in [4.78, 5) is 12.9. The van der Waals surface area contributed by atoms with E-state index in [9.17, 15) is 4.79 Å². The molecule has 0 saturated carbocycles. The van der Waals surface area contributed by atoms with Crippen LogP contribution >= 0.6 is 11.8 Å². The summed E-state index contributed by atoms with van der Waals surface area (Å²) >= 11 is 1.84. The molecule has 1 amide bonds. The first-order chi connectivity index (χ1) is 4.80. The number of fused-ring (bicyclic) bond motifs is 1. The summed E-state index contributed by atoms with van der Waals surface area (Å²) in [7, 11) is 0. The highest BCUT2D eigenvalue weighted by Crippen LogP contribution is 2.37. The largest absolute Gasteiger partial charge is 0.306 e. The average molecular weight is 155 g/mol. The topological polar surface area (TPSA) is 20.3 Å². The Morgan fingerprint density at radius 1 is 1.80 bits per heavy atom. The van der Waals surface area contributed by atoms with Gasteiger partial charge in [0.1, 0.15) is 0 Å². The van der Waals surface area contributed by atoms with Gasteiger partial charge in [0.2, 0.25) is 5.91 Å². The van der Waals surface area contributed by atoms with Crippen LogP contribution in [0.5, 0.6) is 0 Å². The van der Waals surface area contributed by atoms with Gasteiger partial charge in [0.15, 0.2) is 0 Å². The molecule has 1 saturated heterocycles. The van der Waals surface area contributed by atoms with E-state index in [2.05, 4.69) is 0 Å². The number of amides is 1. The maximum absolute atomic E-state index is 11.1. The molecule has 2 aliphatic heterocycles. The van der Waals surface area contributed by atoms with Gasteiger partial charge in [-0.25, -0.2) is 0 Å². The van der Waals surface area contributed by atoms with Crippen LogP contribution in [0.4, 0.5) is 0 Å². The molecule has 3 heteroatoms. The zero-order chi connectivity index (χ0) is 7.14. The van der Waals surface area contributed by atoms with Crippen LogP contribution < -0.4 is 0 Å². The summed E-state index contributed by atoms with van der Waals surface area (Å²) in [6, 6.07) is 0. The molecule has 0 aliphatic carbocycles. The van der Waals surface area contributed by atoms with Crippen molar-refractivity contribution >= 4 is 17.7 Å². The molecule has 1 fully saturated rings. The van der Waals surface area contributed by atoms with E-state index in [1.165, 1.54) is 0 Å². The van der Waals surface area contributed by atoms with Crippen LogP contribution in [0.25, 0.3) is 0 Å². The molecule has 0 aromatic rings. The van der Waals surface area contributed by atoms with Gasteiger partial charge in [-0.3, -0.25) is 4.79 Å². The van der Waals surface area contributed by atoms with Crippen molar-refractivity contribution in [3.05, 3.63) is 12.3 Å². The number of rotatable bonds is 0. The molecular weight excluding hydrogens is 146 g/mol. The van der Waals surface area contributed by atoms with Crippen LogP contribution in [-0.2, 0) is 4.79 Å². The Kier molecular flexibility index (Phi) is 1.27. The molecule has 2 rings (SSSR count). The molecule has 0 N–H and O–H groups in total. The lowest BCUT2D eigenvalue weighted by Gasteiger charge is -2.44. The molecule has 2 aliphatic rings. The van der Waals surface area contributed by atoms with Crippen molar-refractivity contribution in [2.45, 2.75) is 12.3 Å². The summed E-state index contributed by atoms with van der Waals surface area (Å²) in [5, 5.41) is 0.442. The summed E-state index contributed by atoms with van der Waals surface area (Å²) in [5.41, 5.74) is 0. The van der Waals surface area contributed by atoms with Crippen molar-refractivity contribution in [2.75, 3.05) is 5.75 Å². The Balaban J connectivity index is 2.18. The number of nitrogens with zero attached hydrogens (tertiary/aromatic N) is 1. The minimum absolute atomic E-state index is 0.245. The first-order valence-electron chi connectivity index (χ1n) is 3.41. The molecule has 2 heterocycles. The number of carbonyl (C=O) groups is 1. The minimum Gasteiger partial charge on any atom is -0.306 e. The van der Waals surface area contributed by atoms with Crippen molar-refractivity contribution in [2.24, 2.45) is 5.92 Å². The van der Waals surface area contributed by atoms with Crippen molar-refractivity contribution in [1.29, 1.82) is 0 Å². The minimum atomic E-state index is 0.245. The van der Waals surface area contributed by atoms with Crippen molar-refractivity contribution in [1.82, 2.24) is 4.90 Å². The third-order valence-electron chi connectivity index (χ3n) is 1.98. The Morgan fingerprint density at radius 3 is 3.30 bits per heavy atom. The molecule has 0 aromatic carbocycles. The highest BCUT2D eigenvalue weighted by Gasteiger charge is 2.43. The van der Waals surface area contributed by atoms with Crippen LogP contribution in [0.2, 0.25) is 0 Å². The monoisotopic (exact) mass is 155 g/mol. The average Bonchev–Trinajstić information content (AvgIpc) is 2.03. The van der Waals surface area contributed by atoms with Crippen LogP contribution in [0.3, 0.4) is 0 Å². The quantitative estimate of drug-likeness (QED) is 0.487. The van der Waals surface area contributed by atoms with Gasteiger partial charge in [0.05, 0.1) is 11.3 Å². The van der Waals surface area contributed by atoms with E-state index >= 15 is 0 Å². The molecule has 2 atom stereocenters. The second-order valence-electron chi connectivity index (χ2n) is 2.64. The second kappa shape index (κ2) is 2.02. The van der Waals surface area contributed by atoms with Crippen LogP contribution in [-0.4, -0.2) is 21.9 Å². The van der Waals surface area contributed by atoms with Gasteiger partial charge in [-0.15, -0.1) is 11.8 Å². The fourth-order valence-corrected chi connectivity index (χ4v) is 2.47. The van der Waals surface area contributed by atoms with Crippen molar-refractivity contribution < 1.29 is 4.79 Å². The Bertz CT molecular complexity index is 202. The number of β-lactam (4-membered cyclic amide) rings is 1. The summed E-state index contributed by atoms with van der Waals surface area (Å²) < 4.78 is 0. The number of carbonyl (C=O) groups excluding carboxylic acids is 1. The van der Waals surface area contributed by atoms with E-state index in [0.717, 1.165) is 5.75 Å². The van der Waals surface area contributed by atoms with E-state index in [0.29, 0.717) is 5.37 Å². The predicted octanol–water partition coefficient (Wildman–Crippen LogP) is 1.05. The lowest BCUT2D eigenvalue weighted by atomic mass is 10.0. The molecule has 10 heavy (non-hydrogen) atoms. The maximum Gasteiger partial charge on any atom is 0.233 e. The lowest BCUT2D eigenvalue weighted by Crippen LogP contribution is -2.56. The summed E-state index contributed by atoms with van der Waals surface area (Å²) in [5.74, 6) is 1.57. The van der Waals surface area contributed by atoms with Gasteiger partial charge in [-0.05, 0) is 0 Å². The number of hydrogen-bond donors (Lipinski definition) is 0. The summed E-state index contributed by atoms with van der Waals surface area (Å²) in [6.07, 6.45) is 3.94. The van der Waals surface area contributed by atoms with Crippen molar-refractivity contribution in [3.63, 3.8) is 0 Å². The molecule has 0 aromatic heterocycles. The first kappa shape index (κ1) is 6.28. The lowest BCUT2D eigenvalue weighted by molar-refractivity contribution is -0.144. The number of hydrogen-bond acceptors (Lipinski definition) is 2. The molecular formula is C7H9NOS. The normalized spacial score (nSPS) is 37.3. The molecule has 0 radical (unpaired) electrons. The third kappa shape index (κ3) is 0.639. The Morgan fingerprint density at radius 2 is 2.60 bits per heavy atom. The molecule has 2 nitrogen and oxygen atoms in total. The highest BCUT2D eigenvalue weighted by molar-refractivity contribution is 8.00. The molecule has 0 bridgehead atoms. The van der Waals surface area contributed by atoms with E-state index in [4.69, 9.17) is 0 Å². The van der Waals surface area contributed by atoms with Gasteiger partial charge in [0.25, 0.3) is 0 Å². The zero-order valence-corrected chi connectivity index (χ0v) is 6.60.